The third-order valence-electron chi connectivity index (χ3n) is 2.34. The lowest BCUT2D eigenvalue weighted by molar-refractivity contribution is 0.0802. The molecule has 14 heavy (non-hydrogen) atoms. The Balaban J connectivity index is 0.000000140. The van der Waals surface area contributed by atoms with Crippen molar-refractivity contribution in [3.8, 4) is 0 Å². The summed E-state index contributed by atoms with van der Waals surface area (Å²) in [6, 6.07) is 0. The molecule has 0 spiro atoms. The molecule has 1 saturated carbocycles. The molecule has 0 amide bonds. The molecule has 2 rings (SSSR count). The molecule has 0 aliphatic heterocycles. The van der Waals surface area contributed by atoms with E-state index >= 15 is 0 Å². The number of hydrogen-bond acceptors (Lipinski definition) is 3. The van der Waals surface area contributed by atoms with E-state index in [1.807, 2.05) is 0 Å². The SMILES string of the molecule is C1=CC2CCC1C2.O=C(O)OC(=O)O. The van der Waals surface area contributed by atoms with Crippen LogP contribution in [0.15, 0.2) is 12.2 Å². The second-order valence-corrected chi connectivity index (χ2v) is 3.35. The monoisotopic (exact) mass is 200 g/mol. The van der Waals surface area contributed by atoms with E-state index in [0.717, 1.165) is 11.8 Å². The van der Waals surface area contributed by atoms with Crippen LogP contribution in [0.25, 0.3) is 0 Å². The summed E-state index contributed by atoms with van der Waals surface area (Å²) in [5, 5.41) is 15.0. The molecule has 0 aromatic rings. The van der Waals surface area contributed by atoms with Crippen LogP contribution in [0.3, 0.4) is 0 Å². The van der Waals surface area contributed by atoms with Crippen LogP contribution >= 0.6 is 0 Å². The Kier molecular flexibility index (Phi) is 3.50. The molecule has 2 aliphatic rings. The van der Waals surface area contributed by atoms with Crippen LogP contribution in [-0.4, -0.2) is 22.5 Å². The summed E-state index contributed by atoms with van der Waals surface area (Å²) in [5.74, 6) is 1.98. The number of fused-ring (bicyclic) bond motifs is 2. The molecular formula is C9H12O5. The van der Waals surface area contributed by atoms with Gasteiger partial charge in [0, 0.05) is 0 Å². The summed E-state index contributed by atoms with van der Waals surface area (Å²) in [5.41, 5.74) is 0. The van der Waals surface area contributed by atoms with Gasteiger partial charge >= 0.3 is 12.3 Å². The molecule has 78 valence electrons. The highest BCUT2D eigenvalue weighted by atomic mass is 16.7. The van der Waals surface area contributed by atoms with E-state index in [2.05, 4.69) is 16.9 Å². The van der Waals surface area contributed by atoms with Gasteiger partial charge in [0.1, 0.15) is 0 Å². The van der Waals surface area contributed by atoms with Crippen molar-refractivity contribution >= 4 is 12.3 Å². The Morgan fingerprint density at radius 1 is 1.07 bits per heavy atom. The molecule has 2 bridgehead atoms. The van der Waals surface area contributed by atoms with Crippen LogP contribution in [-0.2, 0) is 4.74 Å². The third-order valence-corrected chi connectivity index (χ3v) is 2.34. The van der Waals surface area contributed by atoms with Crippen LogP contribution in [0.4, 0.5) is 9.59 Å². The molecule has 0 aromatic heterocycles. The Hall–Kier alpha value is -1.52. The summed E-state index contributed by atoms with van der Waals surface area (Å²) in [4.78, 5) is 18.4. The van der Waals surface area contributed by atoms with Crippen molar-refractivity contribution in [2.45, 2.75) is 19.3 Å². The van der Waals surface area contributed by atoms with Crippen LogP contribution < -0.4 is 0 Å². The van der Waals surface area contributed by atoms with E-state index < -0.39 is 12.3 Å². The summed E-state index contributed by atoms with van der Waals surface area (Å²) >= 11 is 0. The lowest BCUT2D eigenvalue weighted by Crippen LogP contribution is -2.05. The first-order valence-electron chi connectivity index (χ1n) is 4.40. The molecular weight excluding hydrogens is 188 g/mol. The zero-order valence-electron chi connectivity index (χ0n) is 7.55. The van der Waals surface area contributed by atoms with Gasteiger partial charge in [0.2, 0.25) is 0 Å². The Morgan fingerprint density at radius 3 is 1.57 bits per heavy atom. The number of hydrogen-bond donors (Lipinski definition) is 2. The average molecular weight is 200 g/mol. The first kappa shape index (κ1) is 10.6. The van der Waals surface area contributed by atoms with Crippen LogP contribution in [0.5, 0.6) is 0 Å². The van der Waals surface area contributed by atoms with Crippen LogP contribution in [0.2, 0.25) is 0 Å². The van der Waals surface area contributed by atoms with Crippen LogP contribution in [0.1, 0.15) is 19.3 Å². The number of allylic oxidation sites excluding steroid dienone is 2. The normalized spacial score (nSPS) is 26.6. The zero-order chi connectivity index (χ0) is 10.6. The van der Waals surface area contributed by atoms with Crippen molar-refractivity contribution in [3.63, 3.8) is 0 Å². The van der Waals surface area contributed by atoms with Crippen molar-refractivity contribution in [3.05, 3.63) is 12.2 Å². The van der Waals surface area contributed by atoms with Crippen LogP contribution in [0, 0.1) is 11.8 Å². The van der Waals surface area contributed by atoms with E-state index in [-0.39, 0.29) is 0 Å². The Bertz CT molecular complexity index is 234. The average Bonchev–Trinajstić information content (AvgIpc) is 2.63. The van der Waals surface area contributed by atoms with E-state index in [1.54, 1.807) is 0 Å². The minimum absolute atomic E-state index is 0.991. The maximum Gasteiger partial charge on any atom is 0.516 e. The lowest BCUT2D eigenvalue weighted by atomic mass is 10.1. The van der Waals surface area contributed by atoms with Gasteiger partial charge in [-0.1, -0.05) is 12.2 Å². The standard InChI is InChI=1S/C7H10.C2H2O5/c1-2-7-4-3-6(1)5-7;3-1(4)7-2(5)6/h1-2,6-7H,3-5H2;(H,3,4)(H,5,6). The van der Waals surface area contributed by atoms with E-state index in [0.29, 0.717) is 0 Å². The minimum atomic E-state index is -1.81. The topological polar surface area (TPSA) is 83.8 Å². The molecule has 0 radical (unpaired) electrons. The van der Waals surface area contributed by atoms with Crippen molar-refractivity contribution in [1.82, 2.24) is 0 Å². The van der Waals surface area contributed by atoms with E-state index in [4.69, 9.17) is 10.2 Å². The molecule has 2 unspecified atom stereocenters. The second-order valence-electron chi connectivity index (χ2n) is 3.35. The summed E-state index contributed by atoms with van der Waals surface area (Å²) in [6.45, 7) is 0. The molecule has 2 aliphatic carbocycles. The highest BCUT2D eigenvalue weighted by molar-refractivity contribution is 5.74. The maximum atomic E-state index is 9.21. The van der Waals surface area contributed by atoms with Crippen molar-refractivity contribution in [2.75, 3.05) is 0 Å². The summed E-state index contributed by atoms with van der Waals surface area (Å²) < 4.78 is 3.08. The summed E-state index contributed by atoms with van der Waals surface area (Å²) in [7, 11) is 0. The van der Waals surface area contributed by atoms with Gasteiger partial charge in [0.05, 0.1) is 0 Å². The van der Waals surface area contributed by atoms with Crippen molar-refractivity contribution in [1.29, 1.82) is 0 Å². The van der Waals surface area contributed by atoms with E-state index in [9.17, 15) is 9.59 Å². The maximum absolute atomic E-state index is 9.21. The number of carbonyl (C=O) groups is 2. The predicted molar refractivity (Wildman–Crippen MR) is 47.1 cm³/mol. The van der Waals surface area contributed by atoms with Gasteiger partial charge in [0.15, 0.2) is 0 Å². The highest BCUT2D eigenvalue weighted by Crippen LogP contribution is 2.38. The van der Waals surface area contributed by atoms with Gasteiger partial charge in [-0.05, 0) is 31.1 Å². The minimum Gasteiger partial charge on any atom is -0.449 e. The molecule has 5 heteroatoms. The fraction of sp³-hybridized carbons (Fsp3) is 0.556. The lowest BCUT2D eigenvalue weighted by Gasteiger charge is -1.96. The van der Waals surface area contributed by atoms with E-state index in [1.165, 1.54) is 19.3 Å². The smallest absolute Gasteiger partial charge is 0.449 e. The quantitative estimate of drug-likeness (QED) is 0.356. The number of rotatable bonds is 0. The van der Waals surface area contributed by atoms with Gasteiger partial charge in [0.25, 0.3) is 0 Å². The molecule has 2 N–H and O–H groups in total. The van der Waals surface area contributed by atoms with Crippen molar-refractivity contribution in [2.24, 2.45) is 11.8 Å². The third kappa shape index (κ3) is 3.47. The molecule has 1 fully saturated rings. The van der Waals surface area contributed by atoms with Gasteiger partial charge in [-0.3, -0.25) is 0 Å². The molecule has 0 saturated heterocycles. The molecule has 0 aromatic carbocycles. The van der Waals surface area contributed by atoms with Gasteiger partial charge in [-0.25, -0.2) is 9.59 Å². The predicted octanol–water partition coefficient (Wildman–Crippen LogP) is 2.33. The second kappa shape index (κ2) is 4.64. The fourth-order valence-electron chi connectivity index (χ4n) is 1.79. The van der Waals surface area contributed by atoms with Crippen molar-refractivity contribution < 1.29 is 24.5 Å². The van der Waals surface area contributed by atoms with Gasteiger partial charge in [-0.15, -0.1) is 0 Å². The fourth-order valence-corrected chi connectivity index (χ4v) is 1.79. The first-order valence-corrected chi connectivity index (χ1v) is 4.40. The zero-order valence-corrected chi connectivity index (χ0v) is 7.55. The molecule has 2 atom stereocenters. The molecule has 0 heterocycles. The number of carboxylic acid groups (broad SMARTS) is 2. The highest BCUT2D eigenvalue weighted by Gasteiger charge is 2.25. The Morgan fingerprint density at radius 2 is 1.50 bits per heavy atom. The Labute approximate surface area is 81.0 Å². The summed E-state index contributed by atoms with van der Waals surface area (Å²) in [6.07, 6.45) is 5.56. The first-order chi connectivity index (χ1) is 6.58. The number of ether oxygens (including phenoxy) is 1. The largest absolute Gasteiger partial charge is 0.516 e. The van der Waals surface area contributed by atoms with Gasteiger partial charge < -0.3 is 14.9 Å². The molecule has 5 nitrogen and oxygen atoms in total. The van der Waals surface area contributed by atoms with Gasteiger partial charge in [-0.2, -0.15) is 0 Å².